The highest BCUT2D eigenvalue weighted by molar-refractivity contribution is 5.85. The first-order chi connectivity index (χ1) is 17.7. The van der Waals surface area contributed by atoms with Crippen LogP contribution in [0.15, 0.2) is 42.3 Å². The number of allylic oxidation sites excluding steroid dienone is 3. The molecule has 4 aliphatic rings. The smallest absolute Gasteiger partial charge is 0.329 e. The number of ether oxygens (including phenoxy) is 1. The summed E-state index contributed by atoms with van der Waals surface area (Å²) in [5.41, 5.74) is 10.1. The van der Waals surface area contributed by atoms with E-state index in [1.165, 1.54) is 29.6 Å². The van der Waals surface area contributed by atoms with Gasteiger partial charge in [0, 0.05) is 18.8 Å². The summed E-state index contributed by atoms with van der Waals surface area (Å²) >= 11 is 0. The van der Waals surface area contributed by atoms with Crippen LogP contribution in [0.25, 0.3) is 5.57 Å². The summed E-state index contributed by atoms with van der Waals surface area (Å²) < 4.78 is 5.99. The molecule has 37 heavy (non-hydrogen) atoms. The summed E-state index contributed by atoms with van der Waals surface area (Å²) in [6.07, 6.45) is 16.2. The van der Waals surface area contributed by atoms with Crippen molar-refractivity contribution >= 4 is 17.4 Å². The highest BCUT2D eigenvalue weighted by atomic mass is 16.5. The molecule has 4 aliphatic carbocycles. The maximum atomic E-state index is 13.0. The van der Waals surface area contributed by atoms with Gasteiger partial charge in [-0.1, -0.05) is 51.5 Å². The lowest BCUT2D eigenvalue weighted by molar-refractivity contribution is -0.156. The predicted octanol–water partition coefficient (Wildman–Crippen LogP) is 5.05. The second kappa shape index (κ2) is 10.0. The van der Waals surface area contributed by atoms with E-state index in [0.717, 1.165) is 32.1 Å². The molecular formula is C31H43N3O3. The van der Waals surface area contributed by atoms with Crippen LogP contribution in [0, 0.1) is 34.5 Å². The predicted molar refractivity (Wildman–Crippen MR) is 145 cm³/mol. The van der Waals surface area contributed by atoms with E-state index in [1.807, 2.05) is 26.2 Å². The Labute approximate surface area is 221 Å². The Morgan fingerprint density at radius 2 is 1.92 bits per heavy atom. The van der Waals surface area contributed by atoms with Crippen LogP contribution < -0.4 is 11.1 Å². The van der Waals surface area contributed by atoms with Crippen LogP contribution in [-0.4, -0.2) is 35.6 Å². The monoisotopic (exact) mass is 505 g/mol. The third-order valence-corrected chi connectivity index (χ3v) is 10.3. The van der Waals surface area contributed by atoms with E-state index in [4.69, 9.17) is 10.5 Å². The summed E-state index contributed by atoms with van der Waals surface area (Å²) in [7, 11) is 0. The van der Waals surface area contributed by atoms with Crippen molar-refractivity contribution in [3.05, 3.63) is 47.8 Å². The number of nitrogens with one attached hydrogen (secondary N) is 1. The molecule has 6 heteroatoms. The molecule has 1 aromatic rings. The molecule has 7 unspecified atom stereocenters. The van der Waals surface area contributed by atoms with Gasteiger partial charge in [0.25, 0.3) is 0 Å². The molecule has 5 rings (SSSR count). The zero-order chi connectivity index (χ0) is 26.4. The minimum atomic E-state index is -0.658. The summed E-state index contributed by atoms with van der Waals surface area (Å²) in [4.78, 5) is 29.2. The second-order valence-electron chi connectivity index (χ2n) is 12.6. The number of fused-ring (bicyclic) bond motifs is 5. The van der Waals surface area contributed by atoms with Crippen LogP contribution in [0.5, 0.6) is 0 Å². The number of nitrogens with zero attached hydrogens (tertiary/aromatic N) is 1. The molecule has 3 N–H and O–H groups in total. The van der Waals surface area contributed by atoms with E-state index in [2.05, 4.69) is 48.4 Å². The van der Waals surface area contributed by atoms with Gasteiger partial charge in [0.1, 0.15) is 12.1 Å². The van der Waals surface area contributed by atoms with Crippen LogP contribution in [0.4, 0.5) is 0 Å². The van der Waals surface area contributed by atoms with E-state index in [9.17, 15) is 9.59 Å². The van der Waals surface area contributed by atoms with Crippen molar-refractivity contribution < 1.29 is 14.3 Å². The van der Waals surface area contributed by atoms with Gasteiger partial charge in [-0.05, 0) is 90.2 Å². The molecule has 0 bridgehead atoms. The molecule has 0 aromatic carbocycles. The van der Waals surface area contributed by atoms with E-state index in [-0.39, 0.29) is 41.3 Å². The Kier molecular flexibility index (Phi) is 7.08. The first kappa shape index (κ1) is 26.1. The molecule has 1 heterocycles. The number of hydrogen-bond donors (Lipinski definition) is 2. The maximum Gasteiger partial charge on any atom is 0.329 e. The average molecular weight is 506 g/mol. The van der Waals surface area contributed by atoms with Crippen LogP contribution in [-0.2, 0) is 14.3 Å². The second-order valence-corrected chi connectivity index (χ2v) is 12.6. The molecule has 0 aliphatic heterocycles. The number of amides is 1. The fourth-order valence-corrected chi connectivity index (χ4v) is 8.23. The third-order valence-electron chi connectivity index (χ3n) is 10.3. The van der Waals surface area contributed by atoms with Crippen molar-refractivity contribution in [2.45, 2.75) is 84.8 Å². The van der Waals surface area contributed by atoms with Crippen molar-refractivity contribution in [3.63, 3.8) is 0 Å². The van der Waals surface area contributed by atoms with E-state index < -0.39 is 6.04 Å². The van der Waals surface area contributed by atoms with Crippen LogP contribution >= 0.6 is 0 Å². The van der Waals surface area contributed by atoms with Crippen LogP contribution in [0.1, 0.15) is 78.2 Å². The molecule has 1 aromatic heterocycles. The van der Waals surface area contributed by atoms with E-state index in [1.54, 1.807) is 0 Å². The van der Waals surface area contributed by atoms with Gasteiger partial charge in [-0.2, -0.15) is 0 Å². The summed E-state index contributed by atoms with van der Waals surface area (Å²) in [5, 5.41) is 2.73. The molecule has 0 radical (unpaired) electrons. The topological polar surface area (TPSA) is 94.3 Å². The first-order valence-electron chi connectivity index (χ1n) is 14.2. The molecule has 2 fully saturated rings. The number of hydrogen-bond acceptors (Lipinski definition) is 5. The molecule has 1 amide bonds. The van der Waals surface area contributed by atoms with Crippen molar-refractivity contribution in [1.29, 1.82) is 0 Å². The zero-order valence-corrected chi connectivity index (χ0v) is 22.8. The highest BCUT2D eigenvalue weighted by Gasteiger charge is 2.57. The number of pyridine rings is 1. The number of aromatic nitrogens is 1. The van der Waals surface area contributed by atoms with Gasteiger partial charge in [0.15, 0.2) is 0 Å². The minimum Gasteiger partial charge on any atom is -0.461 e. The molecular weight excluding hydrogens is 462 g/mol. The fourth-order valence-electron chi connectivity index (χ4n) is 8.23. The van der Waals surface area contributed by atoms with Gasteiger partial charge in [-0.3, -0.25) is 9.78 Å². The summed E-state index contributed by atoms with van der Waals surface area (Å²) in [6.45, 7) is 8.66. The quantitative estimate of drug-likeness (QED) is 0.417. The van der Waals surface area contributed by atoms with Crippen molar-refractivity contribution in [2.75, 3.05) is 6.54 Å². The number of esters is 1. The van der Waals surface area contributed by atoms with Gasteiger partial charge >= 0.3 is 5.97 Å². The van der Waals surface area contributed by atoms with Crippen molar-refractivity contribution in [2.24, 2.45) is 40.2 Å². The lowest BCUT2D eigenvalue weighted by atomic mass is 9.47. The highest BCUT2D eigenvalue weighted by Crippen LogP contribution is 2.66. The van der Waals surface area contributed by atoms with E-state index in [0.29, 0.717) is 17.8 Å². The lowest BCUT2D eigenvalue weighted by Crippen LogP contribution is -2.51. The van der Waals surface area contributed by atoms with E-state index >= 15 is 0 Å². The molecule has 7 atom stereocenters. The molecule has 200 valence electrons. The Morgan fingerprint density at radius 3 is 2.62 bits per heavy atom. The third kappa shape index (κ3) is 4.56. The fraction of sp³-hybridized carbons (Fsp3) is 0.645. The van der Waals surface area contributed by atoms with Crippen LogP contribution in [0.2, 0.25) is 0 Å². The Balaban J connectivity index is 1.29. The number of nitrogens with two attached hydrogens (primary N) is 1. The van der Waals surface area contributed by atoms with Gasteiger partial charge < -0.3 is 15.8 Å². The molecule has 6 nitrogen and oxygen atoms in total. The number of rotatable bonds is 6. The largest absolute Gasteiger partial charge is 0.461 e. The molecule has 2 saturated carbocycles. The molecule has 0 saturated heterocycles. The minimum absolute atomic E-state index is 0.0559. The maximum absolute atomic E-state index is 13.0. The number of carbonyl (C=O) groups is 2. The van der Waals surface area contributed by atoms with Gasteiger partial charge in [0.2, 0.25) is 5.91 Å². The normalized spacial score (nSPS) is 35.4. The van der Waals surface area contributed by atoms with Gasteiger partial charge in [0.05, 0.1) is 6.54 Å². The Morgan fingerprint density at radius 1 is 1.14 bits per heavy atom. The van der Waals surface area contributed by atoms with Crippen molar-refractivity contribution in [1.82, 2.24) is 10.3 Å². The zero-order valence-electron chi connectivity index (χ0n) is 22.8. The summed E-state index contributed by atoms with van der Waals surface area (Å²) in [6, 6.07) is 3.61. The number of carbonyl (C=O) groups excluding carboxylic acids is 2. The van der Waals surface area contributed by atoms with Gasteiger partial charge in [-0.15, -0.1) is 0 Å². The Bertz CT molecular complexity index is 1100. The van der Waals surface area contributed by atoms with Crippen molar-refractivity contribution in [3.8, 4) is 0 Å². The molecule has 0 spiro atoms. The van der Waals surface area contributed by atoms with Gasteiger partial charge in [-0.25, -0.2) is 4.79 Å². The summed E-state index contributed by atoms with van der Waals surface area (Å²) in [5.74, 6) is 1.31. The van der Waals surface area contributed by atoms with Crippen LogP contribution in [0.3, 0.4) is 0 Å². The standard InChI is InChI=1S/C31H43N3O3/c1-19(2)28(34-27(35)17-32)29(36)37-22-11-13-30(3)21(16-22)7-8-23-25-10-9-24(20-6-5-15-33-18-20)31(25,4)14-12-26(23)30/h5-7,9,15,18-19,22-23,25-26,28H,8,10-14,16-17,32H2,1-4H3,(H,34,35). The first-order valence-corrected chi connectivity index (χ1v) is 14.2. The Hall–Kier alpha value is -2.47. The SMILES string of the molecule is CC(C)C(NC(=O)CN)C(=O)OC1CCC2(C)C(=CCC3C2CCC2(C)C(c4cccnc4)=CCC32)C1. The lowest BCUT2D eigenvalue weighted by Gasteiger charge is -2.58. The average Bonchev–Trinajstić information content (AvgIpc) is 3.24.